The molecule has 234 valence electrons. The van der Waals surface area contributed by atoms with Gasteiger partial charge in [0.2, 0.25) is 0 Å². The zero-order valence-electron chi connectivity index (χ0n) is 23.4. The Hall–Kier alpha value is -3.56. The molecule has 0 saturated carbocycles. The fourth-order valence-electron chi connectivity index (χ4n) is 6.03. The van der Waals surface area contributed by atoms with E-state index in [4.69, 9.17) is 19.9 Å². The summed E-state index contributed by atoms with van der Waals surface area (Å²) in [5.41, 5.74) is 3.61. The van der Waals surface area contributed by atoms with E-state index in [1.807, 2.05) is 0 Å². The van der Waals surface area contributed by atoms with E-state index in [9.17, 15) is 34.8 Å². The van der Waals surface area contributed by atoms with Gasteiger partial charge >= 0.3 is 6.09 Å². The molecule has 1 amide bonds. The Labute approximate surface area is 261 Å². The Morgan fingerprint density at radius 1 is 1.11 bits per heavy atom. The number of nitrogens with two attached hydrogens (primary N) is 1. The van der Waals surface area contributed by atoms with Crippen molar-refractivity contribution < 1.29 is 49.0 Å². The quantitative estimate of drug-likeness (QED) is 0.174. The second-order valence-corrected chi connectivity index (χ2v) is 12.1. The first-order chi connectivity index (χ1) is 20.5. The van der Waals surface area contributed by atoms with Gasteiger partial charge < -0.3 is 40.4 Å². The van der Waals surface area contributed by atoms with Crippen LogP contribution in [0.3, 0.4) is 0 Å². The number of anilines is 1. The maximum atomic E-state index is 13.5. The number of carbonyl (C=O) groups is 3. The number of aliphatic hydroxyl groups is 2. The summed E-state index contributed by atoms with van der Waals surface area (Å²) in [7, 11) is 0. The van der Waals surface area contributed by atoms with Crippen molar-refractivity contribution in [1.29, 1.82) is 0 Å². The van der Waals surface area contributed by atoms with Crippen LogP contribution in [0.5, 0.6) is 11.5 Å². The first-order valence-corrected chi connectivity index (χ1v) is 14.6. The molecule has 1 fully saturated rings. The van der Waals surface area contributed by atoms with E-state index in [1.54, 1.807) is 36.6 Å². The van der Waals surface area contributed by atoms with Crippen LogP contribution in [-0.4, -0.2) is 74.8 Å². The summed E-state index contributed by atoms with van der Waals surface area (Å²) in [6.45, 7) is 1.09. The Bertz CT molecular complexity index is 1600. The number of aliphatic hydroxyl groups excluding tert-OH is 1. The molecule has 2 aromatic carbocycles. The van der Waals surface area contributed by atoms with E-state index >= 15 is 0 Å². The van der Waals surface area contributed by atoms with Crippen LogP contribution in [0.15, 0.2) is 41.8 Å². The van der Waals surface area contributed by atoms with Crippen LogP contribution in [0, 0.1) is 0 Å². The minimum Gasteiger partial charge on any atom is -0.507 e. The molecule has 2 heterocycles. The van der Waals surface area contributed by atoms with Crippen molar-refractivity contribution >= 4 is 46.4 Å². The van der Waals surface area contributed by atoms with Crippen LogP contribution in [0.2, 0.25) is 0 Å². The van der Waals surface area contributed by atoms with Crippen molar-refractivity contribution in [2.24, 2.45) is 5.73 Å². The second-order valence-electron chi connectivity index (χ2n) is 11.1. The van der Waals surface area contributed by atoms with Crippen LogP contribution in [0.4, 0.5) is 9.80 Å². The van der Waals surface area contributed by atoms with Gasteiger partial charge in [0.15, 0.2) is 17.9 Å². The number of nitrogens with one attached hydrogen (secondary N) is 1. The van der Waals surface area contributed by atoms with E-state index in [0.29, 0.717) is 5.00 Å². The summed E-state index contributed by atoms with van der Waals surface area (Å²) in [6.07, 6.45) is -5.18. The molecule has 6 atom stereocenters. The molecule has 1 aromatic heterocycles. The highest BCUT2D eigenvalue weighted by Gasteiger charge is 2.48. The third kappa shape index (κ3) is 5.56. The number of phenolic OH excluding ortho intramolecular Hbond substituents is 2. The topological polar surface area (TPSA) is 198 Å². The van der Waals surface area contributed by atoms with Crippen molar-refractivity contribution in [3.8, 4) is 11.5 Å². The molecule has 2 aliphatic carbocycles. The first-order valence-electron chi connectivity index (χ1n) is 13.7. The van der Waals surface area contributed by atoms with Crippen LogP contribution < -0.4 is 11.1 Å². The van der Waals surface area contributed by atoms with Gasteiger partial charge in [0, 0.05) is 47.6 Å². The van der Waals surface area contributed by atoms with Gasteiger partial charge in [-0.1, -0.05) is 24.3 Å². The van der Waals surface area contributed by atoms with Gasteiger partial charge in [-0.2, -0.15) is 0 Å². The monoisotopic (exact) mass is 646 g/mol. The number of halogens is 1. The molecule has 1 unspecified atom stereocenters. The van der Waals surface area contributed by atoms with Crippen molar-refractivity contribution in [3.63, 3.8) is 0 Å². The van der Waals surface area contributed by atoms with E-state index < -0.39 is 72.0 Å². The molecule has 14 heteroatoms. The molecule has 12 nitrogen and oxygen atoms in total. The number of hydrogen-bond acceptors (Lipinski definition) is 12. The minimum absolute atomic E-state index is 0. The lowest BCUT2D eigenvalue weighted by Gasteiger charge is -2.42. The summed E-state index contributed by atoms with van der Waals surface area (Å²) in [5, 5.41) is 49.8. The lowest BCUT2D eigenvalue weighted by Crippen LogP contribution is -2.52. The van der Waals surface area contributed by atoms with Crippen LogP contribution in [0.25, 0.3) is 0 Å². The number of thiophene rings is 1. The fraction of sp³-hybridized carbons (Fsp3) is 0.367. The number of carbonyl (C=O) groups excluding carboxylic acids is 3. The van der Waals surface area contributed by atoms with Gasteiger partial charge in [-0.05, 0) is 24.4 Å². The summed E-state index contributed by atoms with van der Waals surface area (Å²) in [4.78, 5) is 39.5. The third-order valence-electron chi connectivity index (χ3n) is 8.14. The maximum Gasteiger partial charge on any atom is 0.412 e. The number of fused-ring (bicyclic) bond motifs is 3. The van der Waals surface area contributed by atoms with Gasteiger partial charge in [0.05, 0.1) is 34.4 Å². The molecule has 3 aromatic rings. The highest BCUT2D eigenvalue weighted by atomic mass is 35.5. The van der Waals surface area contributed by atoms with Gasteiger partial charge in [-0.3, -0.25) is 14.9 Å². The SMILES string of the molecule is C[C@H]1O[C@@H](O[C@H]2CC(O)(COC(=O)Nc3cccs3)Cc3c(O)c4c(c(O)c32)C(=O)c2ccccc2C4=O)C[C@H](N)[C@H]1O.Cl. The van der Waals surface area contributed by atoms with E-state index in [2.05, 4.69) is 5.32 Å². The van der Waals surface area contributed by atoms with Gasteiger partial charge in [-0.25, -0.2) is 4.79 Å². The Balaban J connectivity index is 0.00000384. The first kappa shape index (κ1) is 31.9. The smallest absolute Gasteiger partial charge is 0.412 e. The molecule has 1 aliphatic heterocycles. The number of ether oxygens (including phenoxy) is 3. The molecule has 44 heavy (non-hydrogen) atoms. The highest BCUT2D eigenvalue weighted by Crippen LogP contribution is 2.52. The summed E-state index contributed by atoms with van der Waals surface area (Å²) in [6, 6.07) is 8.81. The number of aromatic hydroxyl groups is 2. The normalized spacial score (nSPS) is 27.4. The summed E-state index contributed by atoms with van der Waals surface area (Å²) in [5.74, 6) is -2.47. The predicted molar refractivity (Wildman–Crippen MR) is 160 cm³/mol. The van der Waals surface area contributed by atoms with E-state index in [-0.39, 0.29) is 65.1 Å². The Kier molecular flexibility index (Phi) is 8.75. The highest BCUT2D eigenvalue weighted by molar-refractivity contribution is 7.14. The van der Waals surface area contributed by atoms with Crippen molar-refractivity contribution in [3.05, 3.63) is 75.2 Å². The van der Waals surface area contributed by atoms with E-state index in [1.165, 1.54) is 23.5 Å². The van der Waals surface area contributed by atoms with Crippen molar-refractivity contribution in [2.45, 2.75) is 62.4 Å². The third-order valence-corrected chi connectivity index (χ3v) is 8.92. The molecule has 0 radical (unpaired) electrons. The molecular formula is C30H31ClN2O10S. The van der Waals surface area contributed by atoms with Crippen LogP contribution in [0.1, 0.15) is 68.8 Å². The van der Waals surface area contributed by atoms with Crippen molar-refractivity contribution in [2.75, 3.05) is 11.9 Å². The zero-order chi connectivity index (χ0) is 30.6. The average molecular weight is 647 g/mol. The van der Waals surface area contributed by atoms with Gasteiger partial charge in [0.1, 0.15) is 23.7 Å². The lowest BCUT2D eigenvalue weighted by molar-refractivity contribution is -0.248. The van der Waals surface area contributed by atoms with Crippen LogP contribution in [-0.2, 0) is 20.6 Å². The average Bonchev–Trinajstić information content (AvgIpc) is 3.48. The molecule has 7 N–H and O–H groups in total. The molecule has 6 rings (SSSR count). The van der Waals surface area contributed by atoms with Crippen LogP contribution >= 0.6 is 23.7 Å². The number of phenols is 2. The zero-order valence-corrected chi connectivity index (χ0v) is 25.0. The molecule has 3 aliphatic rings. The minimum atomic E-state index is -1.83. The molecule has 0 bridgehead atoms. The Morgan fingerprint density at radius 2 is 1.77 bits per heavy atom. The second kappa shape index (κ2) is 12.1. The van der Waals surface area contributed by atoms with Gasteiger partial charge in [-0.15, -0.1) is 23.7 Å². The van der Waals surface area contributed by atoms with Crippen molar-refractivity contribution in [1.82, 2.24) is 0 Å². The lowest BCUT2D eigenvalue weighted by atomic mass is 9.73. The molecule has 0 spiro atoms. The largest absolute Gasteiger partial charge is 0.507 e. The summed E-state index contributed by atoms with van der Waals surface area (Å²) >= 11 is 1.28. The number of rotatable bonds is 5. The van der Waals surface area contributed by atoms with E-state index in [0.717, 1.165) is 0 Å². The van der Waals surface area contributed by atoms with Gasteiger partial charge in [0.25, 0.3) is 0 Å². The number of amides is 1. The fourth-order valence-corrected chi connectivity index (χ4v) is 6.63. The number of ketones is 2. The molecule has 1 saturated heterocycles. The maximum absolute atomic E-state index is 13.5. The number of benzene rings is 2. The summed E-state index contributed by atoms with van der Waals surface area (Å²) < 4.78 is 17.3. The number of hydrogen-bond donors (Lipinski definition) is 6. The standard InChI is InChI=1S/C30H30N2O10S.ClH/c1-13-24(33)17(31)9-20(41-13)42-18-11-30(39,12-40-29(38)32-19-7-4-8-43-19)10-16-21(18)28(37)23-22(27(16)36)25(34)14-5-2-3-6-15(14)26(23)35;/h2-8,13,17-18,20,24,33,36-37,39H,9-12,31H2,1H3,(H,32,38);1H/t13-,17+,18+,20+,24+,30?;/m1./s1. The Morgan fingerprint density at radius 3 is 2.39 bits per heavy atom. The molecular weight excluding hydrogens is 616 g/mol. The predicted octanol–water partition coefficient (Wildman–Crippen LogP) is 3.16.